The molecule has 0 bridgehead atoms. The summed E-state index contributed by atoms with van der Waals surface area (Å²) in [4.78, 5) is 11.0. The van der Waals surface area contributed by atoms with Crippen LogP contribution in [0.4, 0.5) is 0 Å². The smallest absolute Gasteiger partial charge is 0.306 e. The van der Waals surface area contributed by atoms with E-state index in [1.165, 1.54) is 14.2 Å². The maximum absolute atomic E-state index is 11.9. The monoisotopic (exact) mass is 331 g/mol. The number of methoxy groups -OCH3 is 1. The third-order valence-corrected chi connectivity index (χ3v) is 4.80. The highest BCUT2D eigenvalue weighted by Gasteiger charge is 2.25. The minimum absolute atomic E-state index is 0. The number of hydrogen-bond donors (Lipinski definition) is 2. The van der Waals surface area contributed by atoms with Crippen LogP contribution in [0.2, 0.25) is 0 Å². The van der Waals surface area contributed by atoms with E-state index in [0.717, 1.165) is 4.31 Å². The third kappa shape index (κ3) is 7.39. The van der Waals surface area contributed by atoms with E-state index in [-0.39, 0.29) is 31.9 Å². The number of halogens is 1. The van der Waals surface area contributed by atoms with E-state index in [0.29, 0.717) is 12.8 Å². The maximum atomic E-state index is 11.9. The number of rotatable bonds is 9. The van der Waals surface area contributed by atoms with Gasteiger partial charge >= 0.3 is 5.97 Å². The van der Waals surface area contributed by atoms with Crippen molar-refractivity contribution in [3.05, 3.63) is 0 Å². The first-order chi connectivity index (χ1) is 8.70. The van der Waals surface area contributed by atoms with Crippen LogP contribution in [0.1, 0.15) is 33.1 Å². The molecule has 0 aliphatic carbocycles. The number of hydrogen-bond acceptors (Lipinski definition) is 5. The molecule has 20 heavy (non-hydrogen) atoms. The number of nitrogens with two attached hydrogens (primary N) is 1. The van der Waals surface area contributed by atoms with Gasteiger partial charge in [-0.05, 0) is 12.8 Å². The summed E-state index contributed by atoms with van der Waals surface area (Å²) in [6.07, 6.45) is 1.37. The van der Waals surface area contributed by atoms with Gasteiger partial charge in [0, 0.05) is 25.7 Å². The molecule has 0 atom stereocenters. The summed E-state index contributed by atoms with van der Waals surface area (Å²) in [6, 6.07) is 0. The topological polar surface area (TPSA) is 102 Å². The van der Waals surface area contributed by atoms with Gasteiger partial charge in [-0.2, -0.15) is 12.7 Å². The third-order valence-electron chi connectivity index (χ3n) is 3.28. The summed E-state index contributed by atoms with van der Waals surface area (Å²) < 4.78 is 31.8. The molecular formula is C11H26ClN3O4S. The number of esters is 1. The van der Waals surface area contributed by atoms with Crippen molar-refractivity contribution in [2.24, 2.45) is 5.73 Å². The maximum Gasteiger partial charge on any atom is 0.306 e. The molecule has 0 rings (SSSR count). The lowest BCUT2D eigenvalue weighted by Crippen LogP contribution is -2.51. The summed E-state index contributed by atoms with van der Waals surface area (Å²) >= 11 is 0. The quantitative estimate of drug-likeness (QED) is 0.590. The first-order valence-electron chi connectivity index (χ1n) is 6.27. The first-order valence-corrected chi connectivity index (χ1v) is 7.71. The summed E-state index contributed by atoms with van der Waals surface area (Å²) in [5.74, 6) is -0.447. The number of ether oxygens (including phenoxy) is 1. The second-order valence-electron chi connectivity index (χ2n) is 4.54. The average molecular weight is 332 g/mol. The van der Waals surface area contributed by atoms with Crippen LogP contribution < -0.4 is 10.5 Å². The Morgan fingerprint density at radius 3 is 2.25 bits per heavy atom. The number of carbonyl (C=O) groups excluding carboxylic acids is 1. The largest absolute Gasteiger partial charge is 0.469 e. The van der Waals surface area contributed by atoms with Crippen LogP contribution in [0.3, 0.4) is 0 Å². The van der Waals surface area contributed by atoms with Crippen molar-refractivity contribution < 1.29 is 17.9 Å². The van der Waals surface area contributed by atoms with Gasteiger partial charge in [-0.15, -0.1) is 12.4 Å². The van der Waals surface area contributed by atoms with Gasteiger partial charge in [-0.1, -0.05) is 13.8 Å². The molecule has 0 amide bonds. The van der Waals surface area contributed by atoms with E-state index in [1.807, 2.05) is 13.8 Å². The number of nitrogens with one attached hydrogen (secondary N) is 1. The van der Waals surface area contributed by atoms with E-state index in [2.05, 4.69) is 9.46 Å². The molecule has 0 aliphatic heterocycles. The lowest BCUT2D eigenvalue weighted by atomic mass is 9.95. The second kappa shape index (κ2) is 9.51. The standard InChI is InChI=1S/C11H25N3O4S.ClH/c1-5-11(12,6-2)9-13-19(16,17)14(3)8-7-10(15)18-4;/h13H,5-9,12H2,1-4H3;1H. The fraction of sp³-hybridized carbons (Fsp3) is 0.909. The van der Waals surface area contributed by atoms with Crippen molar-refractivity contribution in [3.8, 4) is 0 Å². The molecule has 7 nitrogen and oxygen atoms in total. The predicted octanol–water partition coefficient (Wildman–Crippen LogP) is 0.255. The Hall–Kier alpha value is -0.410. The minimum atomic E-state index is -3.62. The minimum Gasteiger partial charge on any atom is -0.469 e. The number of carbonyl (C=O) groups is 1. The molecule has 0 aromatic rings. The van der Waals surface area contributed by atoms with E-state index in [1.54, 1.807) is 0 Å². The van der Waals surface area contributed by atoms with Crippen LogP contribution >= 0.6 is 12.4 Å². The molecule has 0 unspecified atom stereocenters. The molecule has 0 radical (unpaired) electrons. The van der Waals surface area contributed by atoms with Crippen LogP contribution in [0.5, 0.6) is 0 Å². The van der Waals surface area contributed by atoms with Crippen molar-refractivity contribution in [1.29, 1.82) is 0 Å². The lowest BCUT2D eigenvalue weighted by Gasteiger charge is -2.28. The summed E-state index contributed by atoms with van der Waals surface area (Å²) in [7, 11) is -0.954. The Labute approximate surface area is 127 Å². The molecule has 0 aromatic carbocycles. The van der Waals surface area contributed by atoms with Gasteiger partial charge in [0.1, 0.15) is 0 Å². The predicted molar refractivity (Wildman–Crippen MR) is 80.9 cm³/mol. The highest BCUT2D eigenvalue weighted by atomic mass is 35.5. The highest BCUT2D eigenvalue weighted by Crippen LogP contribution is 2.10. The molecule has 122 valence electrons. The van der Waals surface area contributed by atoms with Crippen molar-refractivity contribution in [3.63, 3.8) is 0 Å². The Balaban J connectivity index is 0. The van der Waals surface area contributed by atoms with E-state index >= 15 is 0 Å². The van der Waals surface area contributed by atoms with Gasteiger partial charge in [0.25, 0.3) is 10.2 Å². The molecule has 0 saturated carbocycles. The van der Waals surface area contributed by atoms with Gasteiger partial charge in [-0.3, -0.25) is 4.79 Å². The van der Waals surface area contributed by atoms with Crippen LogP contribution in [0.25, 0.3) is 0 Å². The molecule has 9 heteroatoms. The molecule has 0 fully saturated rings. The summed E-state index contributed by atoms with van der Waals surface area (Å²) in [5.41, 5.74) is 5.48. The number of nitrogens with zero attached hydrogens (tertiary/aromatic N) is 1. The lowest BCUT2D eigenvalue weighted by molar-refractivity contribution is -0.140. The second-order valence-corrected chi connectivity index (χ2v) is 6.41. The Kier molecular flexibility index (Phi) is 10.4. The summed E-state index contributed by atoms with van der Waals surface area (Å²) in [6.45, 7) is 4.07. The molecule has 0 aromatic heterocycles. The molecule has 3 N–H and O–H groups in total. The van der Waals surface area contributed by atoms with Gasteiger partial charge in [0.05, 0.1) is 13.5 Å². The first kappa shape index (κ1) is 21.9. The van der Waals surface area contributed by atoms with Gasteiger partial charge in [0.2, 0.25) is 0 Å². The fourth-order valence-corrected chi connectivity index (χ4v) is 2.34. The normalized spacial score (nSPS) is 12.1. The Bertz CT molecular complexity index is 385. The molecule has 0 heterocycles. The van der Waals surface area contributed by atoms with Crippen LogP contribution in [-0.4, -0.2) is 51.5 Å². The van der Waals surface area contributed by atoms with Crippen LogP contribution in [0.15, 0.2) is 0 Å². The molecular weight excluding hydrogens is 306 g/mol. The van der Waals surface area contributed by atoms with E-state index < -0.39 is 21.7 Å². The Morgan fingerprint density at radius 2 is 1.85 bits per heavy atom. The average Bonchev–Trinajstić information content (AvgIpc) is 2.41. The Morgan fingerprint density at radius 1 is 1.35 bits per heavy atom. The zero-order valence-electron chi connectivity index (χ0n) is 12.5. The van der Waals surface area contributed by atoms with Gasteiger partial charge < -0.3 is 10.5 Å². The van der Waals surface area contributed by atoms with Crippen molar-refractivity contribution in [2.75, 3.05) is 27.2 Å². The van der Waals surface area contributed by atoms with Crippen molar-refractivity contribution in [1.82, 2.24) is 9.03 Å². The molecule has 0 aliphatic rings. The van der Waals surface area contributed by atoms with Crippen LogP contribution in [0, 0.1) is 0 Å². The van der Waals surface area contributed by atoms with Gasteiger partial charge in [0.15, 0.2) is 0 Å². The molecule has 0 saturated heterocycles. The van der Waals surface area contributed by atoms with Crippen molar-refractivity contribution >= 4 is 28.6 Å². The highest BCUT2D eigenvalue weighted by molar-refractivity contribution is 7.87. The fourth-order valence-electron chi connectivity index (χ4n) is 1.32. The van der Waals surface area contributed by atoms with E-state index in [4.69, 9.17) is 5.73 Å². The zero-order valence-corrected chi connectivity index (χ0v) is 14.1. The summed E-state index contributed by atoms with van der Waals surface area (Å²) in [5, 5.41) is 0. The van der Waals surface area contributed by atoms with Crippen molar-refractivity contribution in [2.45, 2.75) is 38.6 Å². The van der Waals surface area contributed by atoms with Crippen LogP contribution in [-0.2, 0) is 19.7 Å². The molecule has 0 spiro atoms. The SMILES string of the molecule is CCC(N)(CC)CNS(=O)(=O)N(C)CCC(=O)OC.Cl. The zero-order chi connectivity index (χ0) is 15.1. The van der Waals surface area contributed by atoms with E-state index in [9.17, 15) is 13.2 Å². The van der Waals surface area contributed by atoms with Gasteiger partial charge in [-0.25, -0.2) is 4.72 Å².